The molecule has 1 heterocycles. The first-order valence-corrected chi connectivity index (χ1v) is 16.9. The quantitative estimate of drug-likeness (QED) is 0.0989. The minimum absolute atomic E-state index is 0.0629. The molecule has 1 aromatic heterocycles. The molecule has 0 saturated carbocycles. The molecular weight excluding hydrogens is 645 g/mol. The Labute approximate surface area is 301 Å². The molecule has 4 N–H and O–H groups in total. The van der Waals surface area contributed by atoms with Crippen molar-refractivity contribution >= 4 is 27.8 Å². The summed E-state index contributed by atoms with van der Waals surface area (Å²) in [6, 6.07) is 53.3. The van der Waals surface area contributed by atoms with Crippen molar-refractivity contribution in [3.63, 3.8) is 0 Å². The van der Waals surface area contributed by atoms with Crippen LogP contribution in [-0.2, 0) is 0 Å². The van der Waals surface area contributed by atoms with E-state index in [4.69, 9.17) is 4.98 Å². The van der Waals surface area contributed by atoms with Crippen LogP contribution in [0.3, 0.4) is 0 Å². The zero-order valence-corrected chi connectivity index (χ0v) is 28.3. The van der Waals surface area contributed by atoms with Gasteiger partial charge in [0.2, 0.25) is 5.75 Å². The van der Waals surface area contributed by atoms with E-state index < -0.39 is 17.2 Å². The summed E-state index contributed by atoms with van der Waals surface area (Å²) in [6.07, 6.45) is 1.90. The maximum absolute atomic E-state index is 10.6. The van der Waals surface area contributed by atoms with Gasteiger partial charge >= 0.3 is 0 Å². The van der Waals surface area contributed by atoms with Crippen molar-refractivity contribution < 1.29 is 20.4 Å². The smallest absolute Gasteiger partial charge is 0.201 e. The van der Waals surface area contributed by atoms with Gasteiger partial charge in [0.05, 0.1) is 23.1 Å². The first-order chi connectivity index (χ1) is 25.4. The van der Waals surface area contributed by atoms with E-state index in [-0.39, 0.29) is 16.9 Å². The highest BCUT2D eigenvalue weighted by molar-refractivity contribution is 5.97. The topological polar surface area (TPSA) is 97.0 Å². The fraction of sp³-hybridized carbons (Fsp3) is 0.0217. The summed E-state index contributed by atoms with van der Waals surface area (Å²) < 4.78 is 0. The van der Waals surface area contributed by atoms with Crippen molar-refractivity contribution in [3.05, 3.63) is 169 Å². The number of anilines is 3. The van der Waals surface area contributed by atoms with Crippen LogP contribution in [0.25, 0.3) is 55.4 Å². The van der Waals surface area contributed by atoms with Crippen LogP contribution in [0.5, 0.6) is 23.0 Å². The molecule has 0 aliphatic heterocycles. The Morgan fingerprint density at radius 3 is 1.65 bits per heavy atom. The van der Waals surface area contributed by atoms with E-state index in [9.17, 15) is 20.4 Å². The first-order valence-electron chi connectivity index (χ1n) is 16.9. The highest BCUT2D eigenvalue weighted by Crippen LogP contribution is 2.51. The van der Waals surface area contributed by atoms with Crippen molar-refractivity contribution in [1.82, 2.24) is 4.98 Å². The molecule has 0 atom stereocenters. The van der Waals surface area contributed by atoms with Crippen molar-refractivity contribution in [3.8, 4) is 67.6 Å². The van der Waals surface area contributed by atoms with E-state index in [1.807, 2.05) is 66.9 Å². The molecule has 252 valence electrons. The zero-order chi connectivity index (χ0) is 35.8. The number of hydrogen-bond acceptors (Lipinski definition) is 6. The lowest BCUT2D eigenvalue weighted by atomic mass is 9.96. The Morgan fingerprint density at radius 1 is 0.423 bits per heavy atom. The summed E-state index contributed by atoms with van der Waals surface area (Å²) in [5, 5.41) is 43.5. The summed E-state index contributed by atoms with van der Waals surface area (Å²) in [5.74, 6) is -2.07. The lowest BCUT2D eigenvalue weighted by molar-refractivity contribution is 0.360. The van der Waals surface area contributed by atoms with Crippen LogP contribution in [0.2, 0.25) is 0 Å². The average Bonchev–Trinajstić information content (AvgIpc) is 3.21. The van der Waals surface area contributed by atoms with Gasteiger partial charge in [-0.15, -0.1) is 0 Å². The van der Waals surface area contributed by atoms with Gasteiger partial charge in [-0.2, -0.15) is 0 Å². The van der Waals surface area contributed by atoms with Gasteiger partial charge in [-0.3, -0.25) is 4.98 Å². The SMILES string of the molecule is Cc1c(O)c(O)c(O)c(-c2ccc(-c3ccc(-c4ccc(N(c5ccccc5)c5ccc(-c6cccc7ccccc67)cc5)cn4)cc3)cc2)c1O. The van der Waals surface area contributed by atoms with Crippen LogP contribution < -0.4 is 4.90 Å². The van der Waals surface area contributed by atoms with Crippen LogP contribution >= 0.6 is 0 Å². The predicted molar refractivity (Wildman–Crippen MR) is 210 cm³/mol. The molecule has 0 radical (unpaired) electrons. The van der Waals surface area contributed by atoms with E-state index >= 15 is 0 Å². The number of nitrogens with zero attached hydrogens (tertiary/aromatic N) is 2. The van der Waals surface area contributed by atoms with Gasteiger partial charge in [0.15, 0.2) is 11.5 Å². The van der Waals surface area contributed by atoms with Crippen LogP contribution in [-0.4, -0.2) is 25.4 Å². The van der Waals surface area contributed by atoms with Gasteiger partial charge in [-0.05, 0) is 81.9 Å². The molecule has 0 saturated heterocycles. The lowest BCUT2D eigenvalue weighted by Crippen LogP contribution is -2.10. The Balaban J connectivity index is 1.05. The summed E-state index contributed by atoms with van der Waals surface area (Å²) in [5.41, 5.74) is 9.76. The Kier molecular flexibility index (Phi) is 8.26. The fourth-order valence-corrected chi connectivity index (χ4v) is 6.74. The summed E-state index contributed by atoms with van der Waals surface area (Å²) >= 11 is 0. The third-order valence-electron chi connectivity index (χ3n) is 9.57. The number of hydrogen-bond donors (Lipinski definition) is 4. The van der Waals surface area contributed by atoms with Gasteiger partial charge in [-0.1, -0.05) is 121 Å². The fourth-order valence-electron chi connectivity index (χ4n) is 6.74. The molecule has 0 unspecified atom stereocenters. The van der Waals surface area contributed by atoms with Gasteiger partial charge in [-0.25, -0.2) is 0 Å². The third kappa shape index (κ3) is 5.82. The van der Waals surface area contributed by atoms with Gasteiger partial charge in [0.1, 0.15) is 5.75 Å². The Bertz CT molecular complexity index is 2500. The molecule has 6 heteroatoms. The average molecular weight is 679 g/mol. The first kappa shape index (κ1) is 32.2. The largest absolute Gasteiger partial charge is 0.507 e. The van der Waals surface area contributed by atoms with Gasteiger partial charge in [0.25, 0.3) is 0 Å². The minimum Gasteiger partial charge on any atom is -0.507 e. The maximum Gasteiger partial charge on any atom is 0.201 e. The van der Waals surface area contributed by atoms with E-state index in [1.165, 1.54) is 23.3 Å². The second-order valence-corrected chi connectivity index (χ2v) is 12.7. The molecule has 0 amide bonds. The number of fused-ring (bicyclic) bond motifs is 1. The molecule has 6 nitrogen and oxygen atoms in total. The maximum atomic E-state index is 10.6. The minimum atomic E-state index is -0.661. The normalized spacial score (nSPS) is 11.1. The van der Waals surface area contributed by atoms with Crippen LogP contribution in [0.4, 0.5) is 17.1 Å². The van der Waals surface area contributed by atoms with E-state index in [0.717, 1.165) is 45.0 Å². The number of phenolic OH excluding ortho intramolecular Hbond substituents is 4. The highest BCUT2D eigenvalue weighted by Gasteiger charge is 2.22. The number of phenols is 4. The van der Waals surface area contributed by atoms with E-state index in [0.29, 0.717) is 5.56 Å². The number of aromatic hydroxyl groups is 4. The highest BCUT2D eigenvalue weighted by atomic mass is 16.3. The van der Waals surface area contributed by atoms with Gasteiger partial charge < -0.3 is 25.3 Å². The second-order valence-electron chi connectivity index (χ2n) is 12.7. The standard InChI is InChI=1S/C46H34N2O4/c1-29-43(49)42(45(51)46(52)44(29)50)35-20-16-31(17-21-35)30-14-18-34(19-15-30)41-27-26-38(28-47-41)48(36-10-3-2-4-11-36)37-24-22-33(23-25-37)40-13-7-9-32-8-5-6-12-39(32)40/h2-28,49-52H,1H3. The van der Waals surface area contributed by atoms with Crippen LogP contribution in [0, 0.1) is 6.92 Å². The van der Waals surface area contributed by atoms with Crippen molar-refractivity contribution in [2.24, 2.45) is 0 Å². The van der Waals surface area contributed by atoms with Gasteiger partial charge in [0, 0.05) is 22.5 Å². The zero-order valence-electron chi connectivity index (χ0n) is 28.3. The number of benzene rings is 7. The van der Waals surface area contributed by atoms with E-state index in [1.54, 1.807) is 12.1 Å². The van der Waals surface area contributed by atoms with Crippen molar-refractivity contribution in [2.75, 3.05) is 4.90 Å². The third-order valence-corrected chi connectivity index (χ3v) is 9.57. The molecule has 0 spiro atoms. The number of pyridine rings is 1. The van der Waals surface area contributed by atoms with Crippen LogP contribution in [0.15, 0.2) is 164 Å². The molecule has 0 bridgehead atoms. The second kappa shape index (κ2) is 13.3. The molecule has 0 aliphatic rings. The summed E-state index contributed by atoms with van der Waals surface area (Å²) in [6.45, 7) is 1.47. The number of para-hydroxylation sites is 1. The summed E-state index contributed by atoms with van der Waals surface area (Å²) in [4.78, 5) is 7.08. The van der Waals surface area contributed by atoms with Crippen molar-refractivity contribution in [2.45, 2.75) is 6.92 Å². The number of rotatable bonds is 7. The molecule has 8 rings (SSSR count). The molecule has 0 aliphatic carbocycles. The lowest BCUT2D eigenvalue weighted by Gasteiger charge is -2.25. The van der Waals surface area contributed by atoms with E-state index in [2.05, 4.69) is 89.8 Å². The Hall–Kier alpha value is -7.05. The Morgan fingerprint density at radius 2 is 0.981 bits per heavy atom. The molecule has 0 fully saturated rings. The van der Waals surface area contributed by atoms with Crippen molar-refractivity contribution in [1.29, 1.82) is 0 Å². The molecule has 7 aromatic carbocycles. The number of aromatic nitrogens is 1. The molecule has 52 heavy (non-hydrogen) atoms. The molecular formula is C46H34N2O4. The summed E-state index contributed by atoms with van der Waals surface area (Å²) in [7, 11) is 0. The van der Waals surface area contributed by atoms with Crippen LogP contribution in [0.1, 0.15) is 5.56 Å². The molecule has 8 aromatic rings. The monoisotopic (exact) mass is 678 g/mol. The predicted octanol–water partition coefficient (Wildman–Crippen LogP) is 11.5.